The second kappa shape index (κ2) is 6.82. The van der Waals surface area contributed by atoms with Crippen molar-refractivity contribution in [3.05, 3.63) is 54.5 Å². The first-order valence-electron chi connectivity index (χ1n) is 9.08. The van der Waals surface area contributed by atoms with E-state index in [1.165, 1.54) is 6.42 Å². The van der Waals surface area contributed by atoms with Gasteiger partial charge in [0.1, 0.15) is 5.82 Å². The first kappa shape index (κ1) is 16.1. The van der Waals surface area contributed by atoms with Gasteiger partial charge in [0.25, 0.3) is 0 Å². The van der Waals surface area contributed by atoms with E-state index in [1.807, 2.05) is 41.4 Å². The molecule has 1 amide bonds. The van der Waals surface area contributed by atoms with Gasteiger partial charge in [0.2, 0.25) is 5.91 Å². The summed E-state index contributed by atoms with van der Waals surface area (Å²) in [5, 5.41) is 0. The summed E-state index contributed by atoms with van der Waals surface area (Å²) in [5.74, 6) is 1.31. The second-order valence-electron chi connectivity index (χ2n) is 7.28. The summed E-state index contributed by atoms with van der Waals surface area (Å²) < 4.78 is 0. The van der Waals surface area contributed by atoms with Crippen molar-refractivity contribution in [3.63, 3.8) is 0 Å². The van der Waals surface area contributed by atoms with Crippen molar-refractivity contribution >= 4 is 11.7 Å². The topological polar surface area (TPSA) is 49.3 Å². The van der Waals surface area contributed by atoms with E-state index in [9.17, 15) is 4.79 Å². The van der Waals surface area contributed by atoms with Gasteiger partial charge in [-0.25, -0.2) is 4.98 Å². The van der Waals surface area contributed by atoms with E-state index in [2.05, 4.69) is 20.9 Å². The summed E-state index contributed by atoms with van der Waals surface area (Å²) in [6, 6.07) is 12.0. The maximum atomic E-state index is 12.4. The Labute approximate surface area is 148 Å². The van der Waals surface area contributed by atoms with Gasteiger partial charge in [0.15, 0.2) is 0 Å². The van der Waals surface area contributed by atoms with Gasteiger partial charge in [0.05, 0.1) is 12.2 Å². The number of rotatable bonds is 3. The Bertz CT molecular complexity index is 721. The Kier molecular flexibility index (Phi) is 4.38. The molecule has 0 aliphatic carbocycles. The van der Waals surface area contributed by atoms with Gasteiger partial charge in [-0.1, -0.05) is 12.1 Å². The minimum atomic E-state index is 0.179. The molecule has 0 unspecified atom stereocenters. The van der Waals surface area contributed by atoms with Crippen LogP contribution in [0.3, 0.4) is 0 Å². The number of anilines is 1. The van der Waals surface area contributed by atoms with Gasteiger partial charge in [-0.15, -0.1) is 0 Å². The molecule has 0 aromatic carbocycles. The third kappa shape index (κ3) is 3.50. The van der Waals surface area contributed by atoms with Crippen molar-refractivity contribution in [3.8, 4) is 0 Å². The molecule has 5 heteroatoms. The fourth-order valence-corrected chi connectivity index (χ4v) is 4.21. The summed E-state index contributed by atoms with van der Waals surface area (Å²) in [5.41, 5.74) is 1.14. The predicted molar refractivity (Wildman–Crippen MR) is 97.0 cm³/mol. The van der Waals surface area contributed by atoms with Crippen LogP contribution in [-0.2, 0) is 11.3 Å². The molecule has 1 spiro atoms. The van der Waals surface area contributed by atoms with Crippen LogP contribution in [0.25, 0.3) is 0 Å². The molecule has 2 aromatic rings. The Morgan fingerprint density at radius 3 is 2.60 bits per heavy atom. The molecule has 4 rings (SSSR count). The standard InChI is InChI=1S/C20H24N4O/c25-19-8-10-20(16-24(19)14-17-6-1-3-11-21-17)9-5-13-23(15-20)18-7-2-4-12-22-18/h1-4,6-7,11-12H,5,8-10,13-16H2/t20-/m0/s1. The highest BCUT2D eigenvalue weighted by Crippen LogP contribution is 2.40. The Hall–Kier alpha value is -2.43. The molecule has 5 nitrogen and oxygen atoms in total. The second-order valence-corrected chi connectivity index (χ2v) is 7.28. The molecule has 0 bridgehead atoms. The summed E-state index contributed by atoms with van der Waals surface area (Å²) >= 11 is 0. The maximum absolute atomic E-state index is 12.4. The first-order valence-corrected chi connectivity index (χ1v) is 9.08. The molecule has 2 aliphatic heterocycles. The third-order valence-electron chi connectivity index (χ3n) is 5.46. The largest absolute Gasteiger partial charge is 0.356 e. The van der Waals surface area contributed by atoms with Crippen LogP contribution in [-0.4, -0.2) is 40.4 Å². The molecule has 0 saturated carbocycles. The van der Waals surface area contributed by atoms with Gasteiger partial charge >= 0.3 is 0 Å². The predicted octanol–water partition coefficient (Wildman–Crippen LogP) is 2.89. The SMILES string of the molecule is O=C1CC[C@]2(CCCN(c3ccccn3)C2)CN1Cc1ccccn1. The van der Waals surface area contributed by atoms with E-state index in [4.69, 9.17) is 0 Å². The van der Waals surface area contributed by atoms with Gasteiger partial charge < -0.3 is 9.80 Å². The molecule has 25 heavy (non-hydrogen) atoms. The number of nitrogens with zero attached hydrogens (tertiary/aromatic N) is 4. The molecule has 0 N–H and O–H groups in total. The third-order valence-corrected chi connectivity index (χ3v) is 5.46. The van der Waals surface area contributed by atoms with E-state index < -0.39 is 0 Å². The maximum Gasteiger partial charge on any atom is 0.222 e. The van der Waals surface area contributed by atoms with Crippen molar-refractivity contribution < 1.29 is 4.79 Å². The molecule has 4 heterocycles. The molecular formula is C20H24N4O. The summed E-state index contributed by atoms with van der Waals surface area (Å²) in [6.45, 7) is 3.47. The number of amides is 1. The number of hydrogen-bond donors (Lipinski definition) is 0. The molecule has 0 radical (unpaired) electrons. The minimum absolute atomic E-state index is 0.179. The summed E-state index contributed by atoms with van der Waals surface area (Å²) in [7, 11) is 0. The fraction of sp³-hybridized carbons (Fsp3) is 0.450. The number of aromatic nitrogens is 2. The van der Waals surface area contributed by atoms with Crippen LogP contribution in [0.5, 0.6) is 0 Å². The molecular weight excluding hydrogens is 312 g/mol. The van der Waals surface area contributed by atoms with Gasteiger partial charge in [-0.3, -0.25) is 9.78 Å². The molecule has 130 valence electrons. The summed E-state index contributed by atoms with van der Waals surface area (Å²) in [4.78, 5) is 25.7. The number of pyridine rings is 2. The highest BCUT2D eigenvalue weighted by molar-refractivity contribution is 5.77. The monoisotopic (exact) mass is 336 g/mol. The van der Waals surface area contributed by atoms with E-state index >= 15 is 0 Å². The quantitative estimate of drug-likeness (QED) is 0.865. The van der Waals surface area contributed by atoms with Crippen LogP contribution in [0.2, 0.25) is 0 Å². The van der Waals surface area contributed by atoms with E-state index in [-0.39, 0.29) is 11.3 Å². The van der Waals surface area contributed by atoms with Crippen LogP contribution in [0.4, 0.5) is 5.82 Å². The van der Waals surface area contributed by atoms with Gasteiger partial charge in [0, 0.05) is 43.9 Å². The highest BCUT2D eigenvalue weighted by Gasteiger charge is 2.42. The Morgan fingerprint density at radius 1 is 1.00 bits per heavy atom. The zero-order valence-electron chi connectivity index (χ0n) is 14.5. The molecule has 1 atom stereocenters. The van der Waals surface area contributed by atoms with E-state index in [0.29, 0.717) is 13.0 Å². The normalized spacial score (nSPS) is 23.9. The van der Waals surface area contributed by atoms with Crippen molar-refractivity contribution in [2.45, 2.75) is 32.2 Å². The van der Waals surface area contributed by atoms with Gasteiger partial charge in [-0.05, 0) is 43.5 Å². The number of hydrogen-bond acceptors (Lipinski definition) is 4. The lowest BCUT2D eigenvalue weighted by Crippen LogP contribution is -2.54. The highest BCUT2D eigenvalue weighted by atomic mass is 16.2. The minimum Gasteiger partial charge on any atom is -0.356 e. The average molecular weight is 336 g/mol. The number of likely N-dealkylation sites (tertiary alicyclic amines) is 1. The van der Waals surface area contributed by atoms with Crippen LogP contribution < -0.4 is 4.90 Å². The van der Waals surface area contributed by atoms with E-state index in [1.54, 1.807) is 6.20 Å². The van der Waals surface area contributed by atoms with Crippen LogP contribution in [0, 0.1) is 5.41 Å². The fourth-order valence-electron chi connectivity index (χ4n) is 4.21. The summed E-state index contributed by atoms with van der Waals surface area (Å²) in [6.07, 6.45) is 7.61. The zero-order valence-corrected chi connectivity index (χ0v) is 14.5. The lowest BCUT2D eigenvalue weighted by atomic mass is 9.73. The lowest BCUT2D eigenvalue weighted by Gasteiger charge is -2.48. The molecule has 2 aliphatic rings. The van der Waals surface area contributed by atoms with Crippen LogP contribution in [0.15, 0.2) is 48.8 Å². The van der Waals surface area contributed by atoms with Crippen molar-refractivity contribution in [2.75, 3.05) is 24.5 Å². The van der Waals surface area contributed by atoms with Crippen LogP contribution >= 0.6 is 0 Å². The molecule has 2 saturated heterocycles. The smallest absolute Gasteiger partial charge is 0.222 e. The van der Waals surface area contributed by atoms with Crippen LogP contribution in [0.1, 0.15) is 31.4 Å². The number of carbonyl (C=O) groups is 1. The average Bonchev–Trinajstić information content (AvgIpc) is 2.67. The van der Waals surface area contributed by atoms with Crippen molar-refractivity contribution in [1.29, 1.82) is 0 Å². The first-order chi connectivity index (χ1) is 12.2. The Balaban J connectivity index is 1.50. The van der Waals surface area contributed by atoms with Gasteiger partial charge in [-0.2, -0.15) is 0 Å². The number of piperidine rings is 2. The van der Waals surface area contributed by atoms with E-state index in [0.717, 1.165) is 44.0 Å². The van der Waals surface area contributed by atoms with Crippen molar-refractivity contribution in [2.24, 2.45) is 5.41 Å². The van der Waals surface area contributed by atoms with Crippen molar-refractivity contribution in [1.82, 2.24) is 14.9 Å². The zero-order chi connectivity index (χ0) is 17.1. The molecule has 2 aromatic heterocycles. The number of carbonyl (C=O) groups excluding carboxylic acids is 1. The molecule has 2 fully saturated rings. The Morgan fingerprint density at radius 2 is 1.84 bits per heavy atom. The lowest BCUT2D eigenvalue weighted by molar-refractivity contribution is -0.138.